The monoisotopic (exact) mass is 302 g/mol. The van der Waals surface area contributed by atoms with Crippen LogP contribution in [0.2, 0.25) is 0 Å². The van der Waals surface area contributed by atoms with Crippen LogP contribution in [0.15, 0.2) is 42.5 Å². The van der Waals surface area contributed by atoms with E-state index in [0.717, 1.165) is 5.56 Å². The van der Waals surface area contributed by atoms with Gasteiger partial charge in [0, 0.05) is 7.05 Å². The van der Waals surface area contributed by atoms with E-state index in [-0.39, 0.29) is 10.7 Å². The molecule has 1 aliphatic heterocycles. The molecule has 1 aliphatic rings. The van der Waals surface area contributed by atoms with Crippen LogP contribution in [0.25, 0.3) is 6.08 Å². The highest BCUT2D eigenvalue weighted by atomic mass is 32.1. The highest BCUT2D eigenvalue weighted by Crippen LogP contribution is 2.17. The molecule has 21 heavy (non-hydrogen) atoms. The molecule has 6 heteroatoms. The highest BCUT2D eigenvalue weighted by molar-refractivity contribution is 7.80. The van der Waals surface area contributed by atoms with Gasteiger partial charge in [0.05, 0.1) is 0 Å². The summed E-state index contributed by atoms with van der Waals surface area (Å²) >= 11 is 4.88. The van der Waals surface area contributed by atoms with Crippen LogP contribution in [0.3, 0.4) is 0 Å². The fourth-order valence-electron chi connectivity index (χ4n) is 1.73. The van der Waals surface area contributed by atoms with Gasteiger partial charge >= 0.3 is 0 Å². The Hall–Kier alpha value is -2.47. The Morgan fingerprint density at radius 2 is 2.00 bits per heavy atom. The first kappa shape index (κ1) is 14.9. The normalized spacial score (nSPS) is 16.9. The van der Waals surface area contributed by atoms with Gasteiger partial charge in [-0.25, -0.2) is 0 Å². The molecule has 1 aromatic carbocycles. The van der Waals surface area contributed by atoms with E-state index in [9.17, 15) is 9.59 Å². The summed E-state index contributed by atoms with van der Waals surface area (Å²) in [4.78, 5) is 25.1. The van der Waals surface area contributed by atoms with E-state index in [1.165, 1.54) is 18.0 Å². The van der Waals surface area contributed by atoms with Crippen LogP contribution < -0.4 is 10.1 Å². The number of rotatable bonds is 4. The molecule has 0 saturated carbocycles. The van der Waals surface area contributed by atoms with Gasteiger partial charge in [-0.2, -0.15) is 0 Å². The van der Waals surface area contributed by atoms with Crippen molar-refractivity contribution < 1.29 is 14.3 Å². The lowest BCUT2D eigenvalue weighted by atomic mass is 10.1. The van der Waals surface area contributed by atoms with Gasteiger partial charge in [0.1, 0.15) is 17.9 Å². The van der Waals surface area contributed by atoms with Crippen molar-refractivity contribution in [2.45, 2.75) is 0 Å². The molecule has 0 bridgehead atoms. The number of hydrogen-bond donors (Lipinski definition) is 1. The van der Waals surface area contributed by atoms with E-state index in [2.05, 4.69) is 11.9 Å². The van der Waals surface area contributed by atoms with Crippen LogP contribution in [-0.4, -0.2) is 35.5 Å². The smallest absolute Gasteiger partial charge is 0.265 e. The summed E-state index contributed by atoms with van der Waals surface area (Å²) in [6, 6.07) is 7.04. The molecule has 1 N–H and O–H groups in total. The molecule has 2 amide bonds. The van der Waals surface area contributed by atoms with Crippen LogP contribution in [0.1, 0.15) is 5.56 Å². The van der Waals surface area contributed by atoms with Crippen molar-refractivity contribution in [3.05, 3.63) is 48.1 Å². The van der Waals surface area contributed by atoms with Gasteiger partial charge in [-0.05, 0) is 36.0 Å². The molecule has 108 valence electrons. The Balaban J connectivity index is 2.22. The molecule has 1 fully saturated rings. The minimum Gasteiger partial charge on any atom is -0.490 e. The predicted octanol–water partition coefficient (Wildman–Crippen LogP) is 1.51. The Bertz CT molecular complexity index is 635. The number of ether oxygens (including phenoxy) is 1. The average molecular weight is 302 g/mol. The maximum atomic E-state index is 12.0. The molecule has 1 saturated heterocycles. The minimum atomic E-state index is -0.491. The lowest BCUT2D eigenvalue weighted by Gasteiger charge is -2.25. The zero-order valence-electron chi connectivity index (χ0n) is 11.5. The van der Waals surface area contributed by atoms with Crippen LogP contribution in [-0.2, 0) is 9.59 Å². The fraction of sp³-hybridized carbons (Fsp3) is 0.133. The van der Waals surface area contributed by atoms with Crippen molar-refractivity contribution in [2.24, 2.45) is 0 Å². The van der Waals surface area contributed by atoms with Gasteiger partial charge in [-0.15, -0.1) is 0 Å². The van der Waals surface area contributed by atoms with E-state index in [1.54, 1.807) is 30.3 Å². The van der Waals surface area contributed by atoms with Gasteiger partial charge in [-0.3, -0.25) is 19.8 Å². The molecule has 1 aromatic rings. The van der Waals surface area contributed by atoms with E-state index in [4.69, 9.17) is 17.0 Å². The Morgan fingerprint density at radius 1 is 1.33 bits per heavy atom. The van der Waals surface area contributed by atoms with E-state index in [1.807, 2.05) is 0 Å². The quantitative estimate of drug-likeness (QED) is 0.396. The van der Waals surface area contributed by atoms with Gasteiger partial charge in [0.25, 0.3) is 11.8 Å². The van der Waals surface area contributed by atoms with E-state index < -0.39 is 11.8 Å². The van der Waals surface area contributed by atoms with Crippen LogP contribution >= 0.6 is 12.2 Å². The number of nitrogens with one attached hydrogen (secondary N) is 1. The summed E-state index contributed by atoms with van der Waals surface area (Å²) in [6.45, 7) is 3.99. The predicted molar refractivity (Wildman–Crippen MR) is 83.6 cm³/mol. The first-order chi connectivity index (χ1) is 10.0. The molecule has 2 rings (SSSR count). The SMILES string of the molecule is C=CCOc1ccc(/C=C2\C(=O)NC(=S)N(C)C2=O)cc1. The van der Waals surface area contributed by atoms with Gasteiger partial charge in [0.15, 0.2) is 5.11 Å². The maximum absolute atomic E-state index is 12.0. The number of thiocarbonyl (C=S) groups is 1. The summed E-state index contributed by atoms with van der Waals surface area (Å²) in [6.07, 6.45) is 3.17. The standard InChI is InChI=1S/C15H14N2O3S/c1-3-8-20-11-6-4-10(5-7-11)9-12-13(18)16-15(21)17(2)14(12)19/h3-7,9H,1,8H2,2H3,(H,16,18,21)/b12-9+. The second kappa shape index (κ2) is 6.32. The average Bonchev–Trinajstić information content (AvgIpc) is 2.48. The zero-order valence-corrected chi connectivity index (χ0v) is 12.3. The largest absolute Gasteiger partial charge is 0.490 e. The number of hydrogen-bond acceptors (Lipinski definition) is 4. The van der Waals surface area contributed by atoms with Crippen molar-refractivity contribution in [3.63, 3.8) is 0 Å². The van der Waals surface area contributed by atoms with Crippen molar-refractivity contribution >= 4 is 35.2 Å². The second-order valence-corrected chi connectivity index (χ2v) is 4.74. The number of carbonyl (C=O) groups excluding carboxylic acids is 2. The molecule has 0 radical (unpaired) electrons. The van der Waals surface area contributed by atoms with Gasteiger partial charge in [0.2, 0.25) is 0 Å². The number of benzene rings is 1. The Labute approximate surface area is 127 Å². The zero-order chi connectivity index (χ0) is 15.4. The van der Waals surface area contributed by atoms with Crippen molar-refractivity contribution in [2.75, 3.05) is 13.7 Å². The highest BCUT2D eigenvalue weighted by Gasteiger charge is 2.30. The second-order valence-electron chi connectivity index (χ2n) is 4.35. The maximum Gasteiger partial charge on any atom is 0.265 e. The third-order valence-corrected chi connectivity index (χ3v) is 3.24. The van der Waals surface area contributed by atoms with E-state index >= 15 is 0 Å². The summed E-state index contributed by atoms with van der Waals surface area (Å²) in [7, 11) is 1.52. The summed E-state index contributed by atoms with van der Waals surface area (Å²) < 4.78 is 5.36. The van der Waals surface area contributed by atoms with Crippen LogP contribution in [0, 0.1) is 0 Å². The van der Waals surface area contributed by atoms with E-state index in [0.29, 0.717) is 12.4 Å². The number of likely N-dealkylation sites (N-methyl/N-ethyl adjacent to an activating group) is 1. The molecule has 0 aliphatic carbocycles. The molecule has 0 spiro atoms. The summed E-state index contributed by atoms with van der Waals surface area (Å²) in [5.74, 6) is -0.222. The molecular formula is C15H14N2O3S. The summed E-state index contributed by atoms with van der Waals surface area (Å²) in [5.41, 5.74) is 0.770. The lowest BCUT2D eigenvalue weighted by Crippen LogP contribution is -2.52. The molecular weight excluding hydrogens is 288 g/mol. The van der Waals surface area contributed by atoms with Crippen LogP contribution in [0.5, 0.6) is 5.75 Å². The third-order valence-electron chi connectivity index (χ3n) is 2.86. The minimum absolute atomic E-state index is 0.0471. The number of amides is 2. The number of carbonyl (C=O) groups is 2. The van der Waals surface area contributed by atoms with Crippen molar-refractivity contribution in [1.82, 2.24) is 10.2 Å². The van der Waals surface area contributed by atoms with Crippen molar-refractivity contribution in [3.8, 4) is 5.75 Å². The Kier molecular flexibility index (Phi) is 4.49. The fourth-order valence-corrected chi connectivity index (χ4v) is 1.90. The molecule has 5 nitrogen and oxygen atoms in total. The summed E-state index contributed by atoms with van der Waals surface area (Å²) in [5, 5.41) is 2.57. The first-order valence-corrected chi connectivity index (χ1v) is 6.62. The van der Waals surface area contributed by atoms with Gasteiger partial charge in [-0.1, -0.05) is 24.8 Å². The molecule has 0 unspecified atom stereocenters. The first-order valence-electron chi connectivity index (χ1n) is 6.21. The third kappa shape index (κ3) is 3.35. The molecule has 0 aromatic heterocycles. The lowest BCUT2D eigenvalue weighted by molar-refractivity contribution is -0.128. The number of nitrogens with zero attached hydrogens (tertiary/aromatic N) is 1. The Morgan fingerprint density at radius 3 is 2.62 bits per heavy atom. The van der Waals surface area contributed by atoms with Crippen LogP contribution in [0.4, 0.5) is 0 Å². The topological polar surface area (TPSA) is 58.6 Å². The molecule has 1 heterocycles. The molecule has 0 atom stereocenters. The van der Waals surface area contributed by atoms with Crippen molar-refractivity contribution in [1.29, 1.82) is 0 Å². The van der Waals surface area contributed by atoms with Gasteiger partial charge < -0.3 is 4.74 Å².